The Morgan fingerprint density at radius 3 is 2.00 bits per heavy atom. The van der Waals surface area contributed by atoms with Gasteiger partial charge in [0.15, 0.2) is 47.7 Å². The Kier molecular flexibility index (Phi) is 7.18. The molecule has 0 aliphatic carbocycles. The summed E-state index contributed by atoms with van der Waals surface area (Å²) in [6, 6.07) is 0. The van der Waals surface area contributed by atoms with Gasteiger partial charge in [-0.15, -0.1) is 0 Å². The van der Waals surface area contributed by atoms with Crippen LogP contribution in [0.5, 0.6) is 0 Å². The molecule has 4 aromatic heterocycles. The Morgan fingerprint density at radius 2 is 1.36 bits per heavy atom. The number of alkyl halides is 2. The number of aromatic nitrogens is 8. The van der Waals surface area contributed by atoms with Crippen LogP contribution in [0.15, 0.2) is 25.3 Å². The van der Waals surface area contributed by atoms with Crippen LogP contribution in [0.4, 0.5) is 20.4 Å². The van der Waals surface area contributed by atoms with E-state index in [2.05, 4.69) is 29.9 Å². The maximum absolute atomic E-state index is 15.9. The summed E-state index contributed by atoms with van der Waals surface area (Å²) in [7, 11) is -3.96. The van der Waals surface area contributed by atoms with Crippen LogP contribution < -0.4 is 11.5 Å². The number of nitrogens with zero attached hydrogens (tertiary/aromatic N) is 8. The molecule has 0 aromatic carbocycles. The Bertz CT molecular complexity index is 1840. The normalized spacial score (nSPS) is 38.2. The van der Waals surface area contributed by atoms with E-state index in [1.165, 1.54) is 17.2 Å². The molecule has 2 radical (unpaired) electrons. The van der Waals surface area contributed by atoms with Gasteiger partial charge >= 0.3 is 7.82 Å². The number of anilines is 2. The van der Waals surface area contributed by atoms with Gasteiger partial charge in [-0.3, -0.25) is 22.7 Å². The lowest BCUT2D eigenvalue weighted by molar-refractivity contribution is -0.0613. The fourth-order valence-electron chi connectivity index (χ4n) is 5.19. The summed E-state index contributed by atoms with van der Waals surface area (Å²) < 4.78 is 92.6. The first-order valence-electron chi connectivity index (χ1n) is 12.7. The molecule has 0 amide bonds. The van der Waals surface area contributed by atoms with Gasteiger partial charge in [0.05, 0.1) is 25.9 Å². The predicted octanol–water partition coefficient (Wildman–Crippen LogP) is 0.496. The van der Waals surface area contributed by atoms with Gasteiger partial charge < -0.3 is 34.9 Å². The number of imidazole rings is 2. The lowest BCUT2D eigenvalue weighted by Gasteiger charge is -2.27. The zero-order chi connectivity index (χ0) is 31.0. The van der Waals surface area contributed by atoms with Gasteiger partial charge in [0, 0.05) is 0 Å². The Hall–Kier alpha value is -3.20. The Morgan fingerprint density at radius 1 is 0.795 bits per heavy atom. The molecule has 3 saturated heterocycles. The van der Waals surface area contributed by atoms with Crippen molar-refractivity contribution in [1.82, 2.24) is 39.0 Å². The van der Waals surface area contributed by atoms with E-state index in [1.54, 1.807) is 0 Å². The monoisotopic (exact) mass is 656 g/mol. The molecule has 2 bridgehead atoms. The van der Waals surface area contributed by atoms with E-state index in [-0.39, 0.29) is 34.0 Å². The van der Waals surface area contributed by atoms with Crippen molar-refractivity contribution in [1.29, 1.82) is 0 Å². The molecule has 232 valence electrons. The topological polar surface area (TPSA) is 249 Å². The number of nitrogens with two attached hydrogens (primary N) is 2. The van der Waals surface area contributed by atoms with Gasteiger partial charge in [0.1, 0.15) is 48.1 Å². The Labute approximate surface area is 245 Å². The highest BCUT2D eigenvalue weighted by Gasteiger charge is 2.54. The number of ether oxygens (including phenoxy) is 2. The van der Waals surface area contributed by atoms with E-state index < -0.39 is 77.7 Å². The summed E-state index contributed by atoms with van der Waals surface area (Å²) >= 11 is 0. The molecule has 3 aliphatic heterocycles. The molecule has 10 atom stereocenters. The molecule has 5 N–H and O–H groups in total. The number of halogens is 2. The molecule has 0 spiro atoms. The summed E-state index contributed by atoms with van der Waals surface area (Å²) in [4.78, 5) is 34.4. The summed E-state index contributed by atoms with van der Waals surface area (Å²) in [6.07, 6.45) is -9.34. The van der Waals surface area contributed by atoms with E-state index in [0.29, 0.717) is 0 Å². The molecular formula is C20H21BF2N10O9P2. The van der Waals surface area contributed by atoms with Crippen molar-refractivity contribution in [3.05, 3.63) is 25.3 Å². The fourth-order valence-corrected chi connectivity index (χ4v) is 7.12. The lowest BCUT2D eigenvalue weighted by atomic mass is 10.1. The molecule has 3 fully saturated rings. The maximum Gasteiger partial charge on any atom is 0.472 e. The highest BCUT2D eigenvalue weighted by molar-refractivity contribution is 7.79. The predicted molar refractivity (Wildman–Crippen MR) is 142 cm³/mol. The largest absolute Gasteiger partial charge is 0.472 e. The molecule has 19 nitrogen and oxygen atoms in total. The number of hydrogen-bond donors (Lipinski definition) is 3. The van der Waals surface area contributed by atoms with Crippen molar-refractivity contribution < 1.29 is 50.4 Å². The van der Waals surface area contributed by atoms with Gasteiger partial charge in [0.2, 0.25) is 7.57 Å². The van der Waals surface area contributed by atoms with Gasteiger partial charge in [-0.2, -0.15) is 0 Å². The fraction of sp³-hybridized carbons (Fsp3) is 0.500. The smallest absolute Gasteiger partial charge is 0.382 e. The van der Waals surface area contributed by atoms with Crippen LogP contribution in [-0.2, 0) is 36.7 Å². The first-order chi connectivity index (χ1) is 20.9. The minimum absolute atomic E-state index is 0.0136. The van der Waals surface area contributed by atoms with Crippen molar-refractivity contribution >= 4 is 56.8 Å². The standard InChI is InChI=1S/C20H21BF2N10O9P2/c21-43(34)37-2-8-13(10(23)19(40-8)32-5-30-11-15(24)26-3-28-17(11)32)42-44(35,36)38-1-7-9(22)14(41-43)20(39-7)33-6-31-12-16(25)27-4-29-18(12)33/h3-10,13-14,19-20H,1-2H2,(H,35,36)(H2,24,26,28)(H2,25,27,29)/t7-,8-,9-,10-,13-,14-,19-,20-,43?/m1/s1. The van der Waals surface area contributed by atoms with Crippen LogP contribution >= 0.6 is 15.3 Å². The van der Waals surface area contributed by atoms with Crippen molar-refractivity contribution in [2.24, 2.45) is 0 Å². The van der Waals surface area contributed by atoms with Crippen LogP contribution in [0.3, 0.4) is 0 Å². The summed E-state index contributed by atoms with van der Waals surface area (Å²) in [5.74, 6) is 0.0316. The molecule has 44 heavy (non-hydrogen) atoms. The van der Waals surface area contributed by atoms with E-state index in [4.69, 9.17) is 46.6 Å². The molecule has 7 heterocycles. The molecule has 24 heteroatoms. The summed E-state index contributed by atoms with van der Waals surface area (Å²) in [6.45, 7) is -1.68. The molecule has 7 rings (SSSR count). The first kappa shape index (κ1) is 29.5. The van der Waals surface area contributed by atoms with Crippen LogP contribution in [0.25, 0.3) is 22.3 Å². The number of phosphoric acid groups is 1. The van der Waals surface area contributed by atoms with E-state index in [1.807, 2.05) is 0 Å². The maximum atomic E-state index is 15.9. The third-order valence-corrected chi connectivity index (χ3v) is 9.23. The van der Waals surface area contributed by atoms with Crippen molar-refractivity contribution in [3.63, 3.8) is 0 Å². The van der Waals surface area contributed by atoms with Gasteiger partial charge in [-0.1, -0.05) is 0 Å². The van der Waals surface area contributed by atoms with E-state index in [9.17, 15) is 14.0 Å². The van der Waals surface area contributed by atoms with Gasteiger partial charge in [0.25, 0.3) is 7.47 Å². The second kappa shape index (κ2) is 10.7. The third-order valence-electron chi connectivity index (χ3n) is 7.20. The van der Waals surface area contributed by atoms with Crippen molar-refractivity contribution in [3.8, 4) is 0 Å². The highest BCUT2D eigenvalue weighted by atomic mass is 31.2. The molecule has 3 aliphatic rings. The second-order valence-electron chi connectivity index (χ2n) is 9.92. The average Bonchev–Trinajstić information content (AvgIpc) is 3.73. The SMILES string of the molecule is [B]P1(=O)OC[C@H]2O[C@@H](n3cnc4c(N)ncnc43)[C@H](F)[C@@H]2OP(=O)(O)OC[C@H]2O[C@@H](n3cnc4c(N)ncnc43)[C@H](O1)[C@@H]2F. The van der Waals surface area contributed by atoms with Crippen LogP contribution in [0, 0.1) is 0 Å². The zero-order valence-corrected chi connectivity index (χ0v) is 23.8. The number of hydrogen-bond acceptors (Lipinski definition) is 16. The van der Waals surface area contributed by atoms with Crippen LogP contribution in [0.1, 0.15) is 12.5 Å². The molecular weight excluding hydrogens is 635 g/mol. The first-order valence-corrected chi connectivity index (χ1v) is 15.9. The van der Waals surface area contributed by atoms with Crippen LogP contribution in [-0.4, -0.2) is 101 Å². The number of fused-ring (bicyclic) bond motifs is 5. The molecule has 4 aromatic rings. The minimum Gasteiger partial charge on any atom is -0.382 e. The summed E-state index contributed by atoms with van der Waals surface area (Å²) in [5, 5.41) is 0. The van der Waals surface area contributed by atoms with E-state index in [0.717, 1.165) is 17.2 Å². The number of phosphoric ester groups is 1. The van der Waals surface area contributed by atoms with Gasteiger partial charge in [-0.05, 0) is 0 Å². The number of rotatable bonds is 2. The summed E-state index contributed by atoms with van der Waals surface area (Å²) in [5.41, 5.74) is 12.1. The van der Waals surface area contributed by atoms with Crippen molar-refractivity contribution in [2.45, 2.75) is 49.2 Å². The second-order valence-corrected chi connectivity index (χ2v) is 12.9. The van der Waals surface area contributed by atoms with Crippen molar-refractivity contribution in [2.75, 3.05) is 24.7 Å². The average molecular weight is 656 g/mol. The minimum atomic E-state index is -5.13. The lowest BCUT2D eigenvalue weighted by Crippen LogP contribution is -2.34. The van der Waals surface area contributed by atoms with Gasteiger partial charge in [-0.25, -0.2) is 43.2 Å². The number of nitrogen functional groups attached to an aromatic ring is 2. The zero-order valence-electron chi connectivity index (χ0n) is 22.0. The molecule has 2 unspecified atom stereocenters. The third kappa shape index (κ3) is 5.05. The molecule has 0 saturated carbocycles. The van der Waals surface area contributed by atoms with E-state index >= 15 is 8.78 Å². The quantitative estimate of drug-likeness (QED) is 0.196. The van der Waals surface area contributed by atoms with Crippen LogP contribution in [0.2, 0.25) is 0 Å². The Balaban J connectivity index is 1.20. The highest BCUT2D eigenvalue weighted by Crippen LogP contribution is 2.54.